The van der Waals surface area contributed by atoms with Crippen LogP contribution in [0.5, 0.6) is 0 Å². The van der Waals surface area contributed by atoms with E-state index in [9.17, 15) is 4.79 Å². The lowest BCUT2D eigenvalue weighted by molar-refractivity contribution is -0.146. The molecule has 96 valence electrons. The summed E-state index contributed by atoms with van der Waals surface area (Å²) in [6.07, 6.45) is 3.32. The molecule has 0 aliphatic heterocycles. The Balaban J connectivity index is 2.37. The van der Waals surface area contributed by atoms with Crippen molar-refractivity contribution >= 4 is 5.97 Å². The lowest BCUT2D eigenvalue weighted by Crippen LogP contribution is -2.23. The highest BCUT2D eigenvalue weighted by Gasteiger charge is 2.24. The largest absolute Gasteiger partial charge is 0.464 e. The van der Waals surface area contributed by atoms with E-state index >= 15 is 0 Å². The Bertz CT molecular complexity index is 582. The molecule has 0 spiro atoms. The highest BCUT2D eigenvalue weighted by atomic mass is 16.5. The number of carbonyl (C=O) groups excluding carboxylic acids is 1. The van der Waals surface area contributed by atoms with Gasteiger partial charge >= 0.3 is 5.97 Å². The summed E-state index contributed by atoms with van der Waals surface area (Å²) in [7, 11) is 0. The van der Waals surface area contributed by atoms with Crippen LogP contribution in [0.2, 0.25) is 0 Å². The standard InChI is InChI=1S/C14H13N3O2/c1-2-19-14(18)13(17-9-3-8-16-17)12-6-4-11(10-15)5-7-12/h3-9,13H,2H2,1H3. The van der Waals surface area contributed by atoms with E-state index in [0.29, 0.717) is 12.2 Å². The van der Waals surface area contributed by atoms with E-state index in [0.717, 1.165) is 5.56 Å². The first kappa shape index (κ1) is 12.8. The molecule has 0 amide bonds. The molecule has 2 aromatic rings. The second-order valence-electron chi connectivity index (χ2n) is 3.87. The minimum atomic E-state index is -0.623. The summed E-state index contributed by atoms with van der Waals surface area (Å²) < 4.78 is 6.62. The van der Waals surface area contributed by atoms with Crippen molar-refractivity contribution in [2.75, 3.05) is 6.61 Å². The third-order valence-electron chi connectivity index (χ3n) is 2.65. The van der Waals surface area contributed by atoms with E-state index in [1.54, 1.807) is 54.3 Å². The van der Waals surface area contributed by atoms with Crippen LogP contribution in [-0.2, 0) is 9.53 Å². The van der Waals surface area contributed by atoms with Crippen molar-refractivity contribution < 1.29 is 9.53 Å². The Morgan fingerprint density at radius 2 is 2.21 bits per heavy atom. The Kier molecular flexibility index (Phi) is 3.94. The molecule has 1 aromatic carbocycles. The molecular weight excluding hydrogens is 242 g/mol. The Labute approximate surface area is 111 Å². The fourth-order valence-corrected chi connectivity index (χ4v) is 1.79. The van der Waals surface area contributed by atoms with E-state index in [1.165, 1.54) is 0 Å². The molecule has 0 fully saturated rings. The molecule has 1 atom stereocenters. The Morgan fingerprint density at radius 3 is 2.74 bits per heavy atom. The maximum Gasteiger partial charge on any atom is 0.335 e. The van der Waals surface area contributed by atoms with Gasteiger partial charge in [-0.05, 0) is 30.7 Å². The van der Waals surface area contributed by atoms with Gasteiger partial charge in [-0.15, -0.1) is 0 Å². The zero-order chi connectivity index (χ0) is 13.7. The molecule has 0 aliphatic rings. The number of aromatic nitrogens is 2. The number of rotatable bonds is 4. The van der Waals surface area contributed by atoms with Crippen molar-refractivity contribution in [1.29, 1.82) is 5.26 Å². The number of nitrogens with zero attached hydrogens (tertiary/aromatic N) is 3. The number of esters is 1. The van der Waals surface area contributed by atoms with Gasteiger partial charge in [0.2, 0.25) is 0 Å². The minimum absolute atomic E-state index is 0.312. The predicted molar refractivity (Wildman–Crippen MR) is 68.2 cm³/mol. The molecule has 0 bridgehead atoms. The highest BCUT2D eigenvalue weighted by molar-refractivity contribution is 5.78. The average molecular weight is 255 g/mol. The SMILES string of the molecule is CCOC(=O)C(c1ccc(C#N)cc1)n1cccn1. The Morgan fingerprint density at radius 1 is 1.47 bits per heavy atom. The highest BCUT2D eigenvalue weighted by Crippen LogP contribution is 2.19. The summed E-state index contributed by atoms with van der Waals surface area (Å²) in [5.74, 6) is -0.365. The monoisotopic (exact) mass is 255 g/mol. The third-order valence-corrected chi connectivity index (χ3v) is 2.65. The fourth-order valence-electron chi connectivity index (χ4n) is 1.79. The molecule has 19 heavy (non-hydrogen) atoms. The van der Waals surface area contributed by atoms with E-state index in [4.69, 9.17) is 10.00 Å². The molecule has 1 heterocycles. The summed E-state index contributed by atoms with van der Waals surface area (Å²) in [6, 6.07) is 9.99. The van der Waals surface area contributed by atoms with Gasteiger partial charge in [0.25, 0.3) is 0 Å². The fraction of sp³-hybridized carbons (Fsp3) is 0.214. The van der Waals surface area contributed by atoms with Gasteiger partial charge in [-0.3, -0.25) is 4.68 Å². The van der Waals surface area contributed by atoms with Gasteiger partial charge in [-0.2, -0.15) is 10.4 Å². The summed E-state index contributed by atoms with van der Waals surface area (Å²) in [5.41, 5.74) is 1.29. The summed E-state index contributed by atoms with van der Waals surface area (Å²) in [5, 5.41) is 12.9. The van der Waals surface area contributed by atoms with Gasteiger partial charge < -0.3 is 4.74 Å². The van der Waals surface area contributed by atoms with Crippen molar-refractivity contribution in [2.24, 2.45) is 0 Å². The first-order valence-corrected chi connectivity index (χ1v) is 5.92. The first-order valence-electron chi connectivity index (χ1n) is 5.92. The van der Waals surface area contributed by atoms with Crippen molar-refractivity contribution in [3.05, 3.63) is 53.9 Å². The normalized spacial score (nSPS) is 11.6. The van der Waals surface area contributed by atoms with Crippen LogP contribution in [0, 0.1) is 11.3 Å². The van der Waals surface area contributed by atoms with E-state index in [1.807, 2.05) is 6.07 Å². The minimum Gasteiger partial charge on any atom is -0.464 e. The molecule has 0 saturated carbocycles. The average Bonchev–Trinajstić information content (AvgIpc) is 2.94. The molecule has 5 nitrogen and oxygen atoms in total. The quantitative estimate of drug-likeness (QED) is 0.782. The number of ether oxygens (including phenoxy) is 1. The molecular formula is C14H13N3O2. The molecule has 1 unspecified atom stereocenters. The smallest absolute Gasteiger partial charge is 0.335 e. The van der Waals surface area contributed by atoms with Crippen molar-refractivity contribution in [1.82, 2.24) is 9.78 Å². The lowest BCUT2D eigenvalue weighted by Gasteiger charge is -2.16. The topological polar surface area (TPSA) is 67.9 Å². The summed E-state index contributed by atoms with van der Waals surface area (Å²) in [6.45, 7) is 2.07. The van der Waals surface area contributed by atoms with Gasteiger partial charge in [-0.1, -0.05) is 12.1 Å². The van der Waals surface area contributed by atoms with Gasteiger partial charge in [0.1, 0.15) is 0 Å². The number of carbonyl (C=O) groups is 1. The molecule has 5 heteroatoms. The van der Waals surface area contributed by atoms with E-state index < -0.39 is 6.04 Å². The maximum atomic E-state index is 12.0. The summed E-state index contributed by atoms with van der Waals surface area (Å²) >= 11 is 0. The van der Waals surface area contributed by atoms with E-state index in [2.05, 4.69) is 5.10 Å². The molecule has 0 N–H and O–H groups in total. The molecule has 0 radical (unpaired) electrons. The number of benzene rings is 1. The third kappa shape index (κ3) is 2.80. The predicted octanol–water partition coefficient (Wildman–Crippen LogP) is 1.91. The maximum absolute atomic E-state index is 12.0. The van der Waals surface area contributed by atoms with Crippen LogP contribution in [0.1, 0.15) is 24.1 Å². The second kappa shape index (κ2) is 5.83. The van der Waals surface area contributed by atoms with Gasteiger partial charge in [0, 0.05) is 12.4 Å². The van der Waals surface area contributed by atoms with Crippen molar-refractivity contribution in [3.63, 3.8) is 0 Å². The van der Waals surface area contributed by atoms with Crippen LogP contribution in [0.3, 0.4) is 0 Å². The number of hydrogen-bond donors (Lipinski definition) is 0. The van der Waals surface area contributed by atoms with Crippen molar-refractivity contribution in [2.45, 2.75) is 13.0 Å². The van der Waals surface area contributed by atoms with Crippen LogP contribution in [0.15, 0.2) is 42.7 Å². The van der Waals surface area contributed by atoms with Crippen LogP contribution in [0.25, 0.3) is 0 Å². The van der Waals surface area contributed by atoms with Crippen LogP contribution in [0.4, 0.5) is 0 Å². The van der Waals surface area contributed by atoms with Crippen LogP contribution in [-0.4, -0.2) is 22.4 Å². The van der Waals surface area contributed by atoms with Gasteiger partial charge in [-0.25, -0.2) is 4.79 Å². The van der Waals surface area contributed by atoms with Crippen LogP contribution < -0.4 is 0 Å². The van der Waals surface area contributed by atoms with Crippen LogP contribution >= 0.6 is 0 Å². The van der Waals surface area contributed by atoms with Gasteiger partial charge in [0.15, 0.2) is 6.04 Å². The molecule has 0 saturated heterocycles. The zero-order valence-corrected chi connectivity index (χ0v) is 10.5. The van der Waals surface area contributed by atoms with E-state index in [-0.39, 0.29) is 5.97 Å². The lowest BCUT2D eigenvalue weighted by atomic mass is 10.1. The molecule has 0 aliphatic carbocycles. The second-order valence-corrected chi connectivity index (χ2v) is 3.87. The first-order chi connectivity index (χ1) is 9.26. The molecule has 1 aromatic heterocycles. The molecule has 2 rings (SSSR count). The number of nitriles is 1. The zero-order valence-electron chi connectivity index (χ0n) is 10.5. The summed E-state index contributed by atoms with van der Waals surface area (Å²) in [4.78, 5) is 12.0. The number of hydrogen-bond acceptors (Lipinski definition) is 4. The Hall–Kier alpha value is -2.61. The van der Waals surface area contributed by atoms with Gasteiger partial charge in [0.05, 0.1) is 18.2 Å². The van der Waals surface area contributed by atoms with Crippen molar-refractivity contribution in [3.8, 4) is 6.07 Å².